The second-order valence-corrected chi connectivity index (χ2v) is 5.67. The van der Waals surface area contributed by atoms with Crippen molar-refractivity contribution in [3.63, 3.8) is 0 Å². The zero-order chi connectivity index (χ0) is 16.4. The SMILES string of the molecule is Cc1ccc(C(N)c2nn(-c3ccccc3)c(C)cc2=O)cc1. The molecule has 0 aliphatic rings. The molecule has 3 rings (SSSR count). The first-order valence-corrected chi connectivity index (χ1v) is 7.55. The molecule has 1 aromatic heterocycles. The van der Waals surface area contributed by atoms with Gasteiger partial charge in [-0.15, -0.1) is 0 Å². The van der Waals surface area contributed by atoms with Crippen LogP contribution in [0.3, 0.4) is 0 Å². The van der Waals surface area contributed by atoms with Gasteiger partial charge in [0.1, 0.15) is 5.69 Å². The molecular weight excluding hydrogens is 286 g/mol. The second kappa shape index (κ2) is 6.18. The van der Waals surface area contributed by atoms with Gasteiger partial charge in [-0.05, 0) is 31.5 Å². The zero-order valence-corrected chi connectivity index (χ0v) is 13.2. The van der Waals surface area contributed by atoms with Crippen LogP contribution in [0.1, 0.15) is 28.6 Å². The first-order chi connectivity index (χ1) is 11.1. The molecule has 1 atom stereocenters. The minimum atomic E-state index is -0.543. The van der Waals surface area contributed by atoms with E-state index < -0.39 is 6.04 Å². The van der Waals surface area contributed by atoms with Crippen molar-refractivity contribution >= 4 is 0 Å². The Bertz CT molecular complexity index is 867. The summed E-state index contributed by atoms with van der Waals surface area (Å²) in [4.78, 5) is 12.3. The van der Waals surface area contributed by atoms with Gasteiger partial charge in [0.15, 0.2) is 0 Å². The van der Waals surface area contributed by atoms with Crippen molar-refractivity contribution in [2.45, 2.75) is 19.9 Å². The van der Waals surface area contributed by atoms with Crippen molar-refractivity contribution in [1.29, 1.82) is 0 Å². The first kappa shape index (κ1) is 15.2. The van der Waals surface area contributed by atoms with Crippen molar-refractivity contribution in [2.75, 3.05) is 0 Å². The summed E-state index contributed by atoms with van der Waals surface area (Å²) < 4.78 is 1.75. The number of benzene rings is 2. The van der Waals surface area contributed by atoms with Crippen molar-refractivity contribution in [1.82, 2.24) is 9.78 Å². The van der Waals surface area contributed by atoms with Gasteiger partial charge in [-0.3, -0.25) is 4.79 Å². The van der Waals surface area contributed by atoms with Crippen molar-refractivity contribution in [3.8, 4) is 5.69 Å². The summed E-state index contributed by atoms with van der Waals surface area (Å²) in [5.41, 5.74) is 10.2. The van der Waals surface area contributed by atoms with E-state index in [1.807, 2.05) is 68.4 Å². The Labute approximate surface area is 135 Å². The number of hydrogen-bond acceptors (Lipinski definition) is 3. The highest BCUT2D eigenvalue weighted by Crippen LogP contribution is 2.17. The number of nitrogens with two attached hydrogens (primary N) is 1. The van der Waals surface area contributed by atoms with Crippen LogP contribution in [0.2, 0.25) is 0 Å². The Balaban J connectivity index is 2.09. The Hall–Kier alpha value is -2.72. The van der Waals surface area contributed by atoms with E-state index in [1.54, 1.807) is 10.7 Å². The van der Waals surface area contributed by atoms with Crippen molar-refractivity contribution < 1.29 is 0 Å². The molecule has 116 valence electrons. The minimum Gasteiger partial charge on any atom is -0.319 e. The van der Waals surface area contributed by atoms with Crippen LogP contribution in [0.4, 0.5) is 0 Å². The van der Waals surface area contributed by atoms with Crippen LogP contribution in [-0.2, 0) is 0 Å². The van der Waals surface area contributed by atoms with Gasteiger partial charge < -0.3 is 5.73 Å². The molecule has 0 amide bonds. The van der Waals surface area contributed by atoms with Crippen LogP contribution in [-0.4, -0.2) is 9.78 Å². The summed E-state index contributed by atoms with van der Waals surface area (Å²) in [6.07, 6.45) is 0. The number of hydrogen-bond donors (Lipinski definition) is 1. The molecule has 4 heteroatoms. The van der Waals surface area contributed by atoms with Gasteiger partial charge in [-0.2, -0.15) is 5.10 Å². The third kappa shape index (κ3) is 3.07. The van der Waals surface area contributed by atoms with E-state index in [9.17, 15) is 4.79 Å². The standard InChI is InChI=1S/C19H19N3O/c1-13-8-10-15(11-9-13)18(20)19-17(23)12-14(2)22(21-19)16-6-4-3-5-7-16/h3-12,18H,20H2,1-2H3. The number of aryl methyl sites for hydroxylation is 2. The number of nitrogens with zero attached hydrogens (tertiary/aromatic N) is 2. The highest BCUT2D eigenvalue weighted by Gasteiger charge is 2.16. The normalized spacial score (nSPS) is 12.1. The van der Waals surface area contributed by atoms with Crippen LogP contribution < -0.4 is 11.2 Å². The smallest absolute Gasteiger partial charge is 0.205 e. The number of aromatic nitrogens is 2. The predicted molar refractivity (Wildman–Crippen MR) is 91.8 cm³/mol. The molecule has 1 heterocycles. The Morgan fingerprint density at radius 3 is 2.30 bits per heavy atom. The molecule has 1 unspecified atom stereocenters. The Kier molecular flexibility index (Phi) is 4.08. The first-order valence-electron chi connectivity index (χ1n) is 7.55. The van der Waals surface area contributed by atoms with Gasteiger partial charge in [-0.25, -0.2) is 4.68 Å². The van der Waals surface area contributed by atoms with E-state index in [-0.39, 0.29) is 5.43 Å². The molecule has 0 saturated heterocycles. The van der Waals surface area contributed by atoms with E-state index in [2.05, 4.69) is 5.10 Å². The summed E-state index contributed by atoms with van der Waals surface area (Å²) in [6.45, 7) is 3.88. The van der Waals surface area contributed by atoms with Gasteiger partial charge in [0.25, 0.3) is 0 Å². The predicted octanol–water partition coefficient (Wildman–Crippen LogP) is 2.90. The van der Waals surface area contributed by atoms with Crippen molar-refractivity contribution in [2.24, 2.45) is 5.73 Å². The molecule has 3 aromatic rings. The quantitative estimate of drug-likeness (QED) is 0.809. The fraction of sp³-hybridized carbons (Fsp3) is 0.158. The molecule has 0 aliphatic heterocycles. The lowest BCUT2D eigenvalue weighted by molar-refractivity contribution is 0.708. The van der Waals surface area contributed by atoms with E-state index in [0.29, 0.717) is 5.69 Å². The summed E-state index contributed by atoms with van der Waals surface area (Å²) in [7, 11) is 0. The molecule has 2 aromatic carbocycles. The molecule has 0 bridgehead atoms. The van der Waals surface area contributed by atoms with Gasteiger partial charge in [0.2, 0.25) is 5.43 Å². The van der Waals surface area contributed by atoms with Gasteiger partial charge in [0.05, 0.1) is 11.7 Å². The van der Waals surface area contributed by atoms with Gasteiger partial charge in [-0.1, -0.05) is 48.0 Å². The lowest BCUT2D eigenvalue weighted by Gasteiger charge is -2.15. The van der Waals surface area contributed by atoms with E-state index in [1.165, 1.54) is 0 Å². The maximum absolute atomic E-state index is 12.3. The fourth-order valence-corrected chi connectivity index (χ4v) is 2.54. The summed E-state index contributed by atoms with van der Waals surface area (Å²) in [6, 6.07) is 18.6. The second-order valence-electron chi connectivity index (χ2n) is 5.67. The molecule has 0 fully saturated rings. The number of para-hydroxylation sites is 1. The molecule has 23 heavy (non-hydrogen) atoms. The van der Waals surface area contributed by atoms with Crippen molar-refractivity contribution in [3.05, 3.63) is 93.4 Å². The molecule has 0 saturated carbocycles. The summed E-state index contributed by atoms with van der Waals surface area (Å²) >= 11 is 0. The third-order valence-corrected chi connectivity index (χ3v) is 3.87. The van der Waals surface area contributed by atoms with Gasteiger partial charge in [0, 0.05) is 11.8 Å². The van der Waals surface area contributed by atoms with E-state index >= 15 is 0 Å². The highest BCUT2D eigenvalue weighted by molar-refractivity contribution is 5.34. The monoisotopic (exact) mass is 305 g/mol. The summed E-state index contributed by atoms with van der Waals surface area (Å²) in [5, 5.41) is 4.52. The van der Waals surface area contributed by atoms with Crippen LogP contribution in [0.25, 0.3) is 5.69 Å². The minimum absolute atomic E-state index is 0.136. The molecule has 2 N–H and O–H groups in total. The molecular formula is C19H19N3O. The van der Waals surface area contributed by atoms with Crippen LogP contribution in [0.15, 0.2) is 65.5 Å². The third-order valence-electron chi connectivity index (χ3n) is 3.87. The zero-order valence-electron chi connectivity index (χ0n) is 13.2. The highest BCUT2D eigenvalue weighted by atomic mass is 16.1. The Morgan fingerprint density at radius 1 is 1.00 bits per heavy atom. The van der Waals surface area contributed by atoms with Crippen LogP contribution in [0, 0.1) is 13.8 Å². The lowest BCUT2D eigenvalue weighted by atomic mass is 10.0. The molecule has 4 nitrogen and oxygen atoms in total. The van der Waals surface area contributed by atoms with Crippen LogP contribution in [0.5, 0.6) is 0 Å². The molecule has 0 aliphatic carbocycles. The molecule has 0 spiro atoms. The summed E-state index contributed by atoms with van der Waals surface area (Å²) in [5.74, 6) is 0. The maximum Gasteiger partial charge on any atom is 0.205 e. The van der Waals surface area contributed by atoms with Gasteiger partial charge >= 0.3 is 0 Å². The topological polar surface area (TPSA) is 60.9 Å². The maximum atomic E-state index is 12.3. The average Bonchev–Trinajstić information content (AvgIpc) is 2.56. The fourth-order valence-electron chi connectivity index (χ4n) is 2.54. The van der Waals surface area contributed by atoms with E-state index in [0.717, 1.165) is 22.5 Å². The largest absolute Gasteiger partial charge is 0.319 e. The Morgan fingerprint density at radius 2 is 1.65 bits per heavy atom. The number of rotatable bonds is 3. The van der Waals surface area contributed by atoms with Crippen LogP contribution >= 0.6 is 0 Å². The average molecular weight is 305 g/mol. The lowest BCUT2D eigenvalue weighted by Crippen LogP contribution is -2.26. The molecule has 0 radical (unpaired) electrons. The van der Waals surface area contributed by atoms with E-state index in [4.69, 9.17) is 5.73 Å².